The zero-order chi connectivity index (χ0) is 10.6. The Morgan fingerprint density at radius 2 is 2.33 bits per heavy atom. The van der Waals surface area contributed by atoms with E-state index in [1.54, 1.807) is 0 Å². The highest BCUT2D eigenvalue weighted by atomic mass is 16.5. The van der Waals surface area contributed by atoms with Crippen LogP contribution in [-0.2, 0) is 4.74 Å². The summed E-state index contributed by atoms with van der Waals surface area (Å²) in [5.74, 6) is 0.816. The number of ether oxygens (including phenoxy) is 1. The van der Waals surface area contributed by atoms with Crippen molar-refractivity contribution in [2.75, 3.05) is 26.3 Å². The van der Waals surface area contributed by atoms with Crippen molar-refractivity contribution in [3.05, 3.63) is 0 Å². The first-order chi connectivity index (χ1) is 7.35. The van der Waals surface area contributed by atoms with Gasteiger partial charge in [0.2, 0.25) is 0 Å². The molecule has 1 unspecified atom stereocenters. The topological polar surface area (TPSA) is 45.0 Å². The number of nitriles is 1. The Morgan fingerprint density at radius 1 is 1.47 bits per heavy atom. The van der Waals surface area contributed by atoms with Crippen LogP contribution >= 0.6 is 0 Å². The number of nitrogens with one attached hydrogen (secondary N) is 1. The number of rotatable bonds is 6. The second kappa shape index (κ2) is 4.96. The molecule has 3 nitrogen and oxygen atoms in total. The van der Waals surface area contributed by atoms with Crippen LogP contribution < -0.4 is 5.32 Å². The number of hydrogen-bond donors (Lipinski definition) is 1. The molecular formula is C12H20N2O. The molecular weight excluding hydrogens is 188 g/mol. The summed E-state index contributed by atoms with van der Waals surface area (Å²) in [6.45, 7) is 4.01. The van der Waals surface area contributed by atoms with Crippen LogP contribution in [0.4, 0.5) is 0 Å². The summed E-state index contributed by atoms with van der Waals surface area (Å²) in [4.78, 5) is 0. The Kier molecular flexibility index (Phi) is 3.61. The fourth-order valence-corrected chi connectivity index (χ4v) is 2.22. The van der Waals surface area contributed by atoms with Gasteiger partial charge in [0.05, 0.1) is 12.7 Å². The van der Waals surface area contributed by atoms with E-state index >= 15 is 0 Å². The summed E-state index contributed by atoms with van der Waals surface area (Å²) >= 11 is 0. The summed E-state index contributed by atoms with van der Waals surface area (Å²) in [5, 5.41) is 12.0. The predicted octanol–water partition coefficient (Wildman–Crippen LogP) is 1.70. The van der Waals surface area contributed by atoms with Crippen molar-refractivity contribution >= 4 is 0 Å². The highest BCUT2D eigenvalue weighted by molar-refractivity contribution is 4.99. The third-order valence-electron chi connectivity index (χ3n) is 3.65. The van der Waals surface area contributed by atoms with Gasteiger partial charge in [0, 0.05) is 18.4 Å². The van der Waals surface area contributed by atoms with Crippen LogP contribution in [0, 0.1) is 22.7 Å². The molecule has 84 valence electrons. The van der Waals surface area contributed by atoms with Gasteiger partial charge in [0.25, 0.3) is 0 Å². The Balaban J connectivity index is 1.53. The highest BCUT2D eigenvalue weighted by Gasteiger charge is 2.42. The molecule has 15 heavy (non-hydrogen) atoms. The summed E-state index contributed by atoms with van der Waals surface area (Å²) < 4.78 is 5.70. The van der Waals surface area contributed by atoms with Gasteiger partial charge in [0.1, 0.15) is 0 Å². The van der Waals surface area contributed by atoms with Gasteiger partial charge < -0.3 is 10.1 Å². The van der Waals surface area contributed by atoms with E-state index in [-0.39, 0.29) is 5.41 Å². The largest absolute Gasteiger partial charge is 0.381 e. The molecule has 1 aliphatic carbocycles. The van der Waals surface area contributed by atoms with Crippen molar-refractivity contribution in [3.8, 4) is 6.07 Å². The molecule has 0 spiro atoms. The van der Waals surface area contributed by atoms with Crippen LogP contribution in [0.5, 0.6) is 0 Å². The van der Waals surface area contributed by atoms with Gasteiger partial charge in [0.15, 0.2) is 0 Å². The molecule has 0 aromatic carbocycles. The summed E-state index contributed by atoms with van der Waals surface area (Å²) in [5.41, 5.74) is 0.253. The Labute approximate surface area is 91.8 Å². The maximum Gasteiger partial charge on any atom is 0.0628 e. The summed E-state index contributed by atoms with van der Waals surface area (Å²) in [6.07, 6.45) is 5.53. The lowest BCUT2D eigenvalue weighted by Crippen LogP contribution is -2.14. The second-order valence-electron chi connectivity index (χ2n) is 5.03. The first-order valence-electron chi connectivity index (χ1n) is 6.00. The van der Waals surface area contributed by atoms with E-state index in [0.29, 0.717) is 6.42 Å². The van der Waals surface area contributed by atoms with Crippen molar-refractivity contribution < 1.29 is 4.74 Å². The zero-order valence-corrected chi connectivity index (χ0v) is 9.30. The SMILES string of the molecule is N#CCC1(COCCC2CCNC2)CC1. The lowest BCUT2D eigenvalue weighted by Gasteiger charge is -2.13. The van der Waals surface area contributed by atoms with E-state index in [9.17, 15) is 0 Å². The van der Waals surface area contributed by atoms with Crippen molar-refractivity contribution in [1.29, 1.82) is 5.26 Å². The normalized spacial score (nSPS) is 27.5. The first-order valence-corrected chi connectivity index (χ1v) is 6.00. The average Bonchev–Trinajstić information content (AvgIpc) is 2.80. The third-order valence-corrected chi connectivity index (χ3v) is 3.65. The maximum atomic E-state index is 8.66. The van der Waals surface area contributed by atoms with Crippen molar-refractivity contribution in [2.45, 2.75) is 32.1 Å². The Hall–Kier alpha value is -0.590. The van der Waals surface area contributed by atoms with Crippen LogP contribution in [-0.4, -0.2) is 26.3 Å². The van der Waals surface area contributed by atoms with Gasteiger partial charge in [-0.25, -0.2) is 0 Å². The van der Waals surface area contributed by atoms with Crippen LogP contribution in [0.15, 0.2) is 0 Å². The molecule has 1 aliphatic heterocycles. The molecule has 1 saturated carbocycles. The van der Waals surface area contributed by atoms with Crippen molar-refractivity contribution in [1.82, 2.24) is 5.32 Å². The molecule has 1 saturated heterocycles. The van der Waals surface area contributed by atoms with E-state index in [2.05, 4.69) is 11.4 Å². The van der Waals surface area contributed by atoms with Gasteiger partial charge in [-0.05, 0) is 44.7 Å². The fourth-order valence-electron chi connectivity index (χ4n) is 2.22. The van der Waals surface area contributed by atoms with Gasteiger partial charge in [-0.1, -0.05) is 0 Å². The first kappa shape index (κ1) is 10.9. The average molecular weight is 208 g/mol. The molecule has 0 aromatic heterocycles. The number of hydrogen-bond acceptors (Lipinski definition) is 3. The van der Waals surface area contributed by atoms with Gasteiger partial charge in [-0.2, -0.15) is 5.26 Å². The second-order valence-corrected chi connectivity index (χ2v) is 5.03. The molecule has 0 aromatic rings. The number of nitrogens with zero attached hydrogens (tertiary/aromatic N) is 1. The van der Waals surface area contributed by atoms with Crippen LogP contribution in [0.3, 0.4) is 0 Å². The summed E-state index contributed by atoms with van der Waals surface area (Å²) in [6, 6.07) is 2.26. The molecule has 0 bridgehead atoms. The molecule has 3 heteroatoms. The molecule has 2 fully saturated rings. The summed E-state index contributed by atoms with van der Waals surface area (Å²) in [7, 11) is 0. The molecule has 0 radical (unpaired) electrons. The monoisotopic (exact) mass is 208 g/mol. The lowest BCUT2D eigenvalue weighted by molar-refractivity contribution is 0.0826. The minimum Gasteiger partial charge on any atom is -0.381 e. The Morgan fingerprint density at radius 3 is 2.93 bits per heavy atom. The van der Waals surface area contributed by atoms with E-state index in [1.807, 2.05) is 0 Å². The van der Waals surface area contributed by atoms with Gasteiger partial charge >= 0.3 is 0 Å². The van der Waals surface area contributed by atoms with Crippen LogP contribution in [0.25, 0.3) is 0 Å². The zero-order valence-electron chi connectivity index (χ0n) is 9.30. The smallest absolute Gasteiger partial charge is 0.0628 e. The van der Waals surface area contributed by atoms with Crippen LogP contribution in [0.1, 0.15) is 32.1 Å². The minimum absolute atomic E-state index is 0.253. The lowest BCUT2D eigenvalue weighted by atomic mass is 10.0. The van der Waals surface area contributed by atoms with E-state index < -0.39 is 0 Å². The highest BCUT2D eigenvalue weighted by Crippen LogP contribution is 2.48. The minimum atomic E-state index is 0.253. The molecule has 1 heterocycles. The molecule has 1 N–H and O–H groups in total. The van der Waals surface area contributed by atoms with Crippen molar-refractivity contribution in [3.63, 3.8) is 0 Å². The molecule has 2 rings (SSSR count). The molecule has 1 atom stereocenters. The van der Waals surface area contributed by atoms with Crippen LogP contribution in [0.2, 0.25) is 0 Å². The standard InChI is InChI=1S/C12H20N2O/c13-6-5-12(3-4-12)10-15-8-2-11-1-7-14-9-11/h11,14H,1-5,7-10H2. The van der Waals surface area contributed by atoms with Gasteiger partial charge in [-0.3, -0.25) is 0 Å². The van der Waals surface area contributed by atoms with Crippen molar-refractivity contribution in [2.24, 2.45) is 11.3 Å². The third kappa shape index (κ3) is 3.19. The van der Waals surface area contributed by atoms with E-state index in [0.717, 1.165) is 25.7 Å². The fraction of sp³-hybridized carbons (Fsp3) is 0.917. The molecule has 0 amide bonds. The van der Waals surface area contributed by atoms with E-state index in [4.69, 9.17) is 10.00 Å². The Bertz CT molecular complexity index is 236. The molecule has 2 aliphatic rings. The quantitative estimate of drug-likeness (QED) is 0.676. The van der Waals surface area contributed by atoms with Gasteiger partial charge in [-0.15, -0.1) is 0 Å². The maximum absolute atomic E-state index is 8.66. The van der Waals surface area contributed by atoms with E-state index in [1.165, 1.54) is 32.2 Å². The predicted molar refractivity (Wildman–Crippen MR) is 58.3 cm³/mol.